The van der Waals surface area contributed by atoms with Crippen LogP contribution >= 0.6 is 0 Å². The Balaban J connectivity index is 3.13. The number of hydrogen-bond donors (Lipinski definition) is 0. The molecule has 1 aliphatic heterocycles. The van der Waals surface area contributed by atoms with Gasteiger partial charge in [-0.2, -0.15) is 0 Å². The molecule has 0 amide bonds. The van der Waals surface area contributed by atoms with Crippen molar-refractivity contribution in [2.75, 3.05) is 6.61 Å². The van der Waals surface area contributed by atoms with Crippen molar-refractivity contribution in [3.63, 3.8) is 0 Å². The smallest absolute Gasteiger partial charge is 0.314 e. The third-order valence-electron chi connectivity index (χ3n) is 3.06. The Labute approximate surface area is 95.6 Å². The summed E-state index contributed by atoms with van der Waals surface area (Å²) in [5.41, 5.74) is -1.86. The van der Waals surface area contributed by atoms with Crippen molar-refractivity contribution in [1.82, 2.24) is 0 Å². The quantitative estimate of drug-likeness (QED) is 0.543. The lowest BCUT2D eigenvalue weighted by atomic mass is 9.73. The van der Waals surface area contributed by atoms with Crippen molar-refractivity contribution >= 4 is 11.9 Å². The lowest BCUT2D eigenvalue weighted by Crippen LogP contribution is -2.41. The van der Waals surface area contributed by atoms with E-state index < -0.39 is 28.9 Å². The standard InChI is InChI=1S/C12H18O4/c1-6-12(5)8(9(13)15-7-2)11(3,4)10(14)16-12/h6,8H,1,7H2,2-5H3/t8-,12-/m0/s1. The van der Waals surface area contributed by atoms with E-state index in [1.165, 1.54) is 6.08 Å². The van der Waals surface area contributed by atoms with Crippen LogP contribution in [0, 0.1) is 11.3 Å². The third-order valence-corrected chi connectivity index (χ3v) is 3.06. The van der Waals surface area contributed by atoms with Gasteiger partial charge < -0.3 is 9.47 Å². The van der Waals surface area contributed by atoms with E-state index in [4.69, 9.17) is 9.47 Å². The number of esters is 2. The van der Waals surface area contributed by atoms with Crippen molar-refractivity contribution < 1.29 is 19.1 Å². The van der Waals surface area contributed by atoms with Gasteiger partial charge in [-0.05, 0) is 33.8 Å². The normalized spacial score (nSPS) is 32.0. The van der Waals surface area contributed by atoms with Crippen molar-refractivity contribution in [3.8, 4) is 0 Å². The van der Waals surface area contributed by atoms with Crippen LogP contribution in [0.25, 0.3) is 0 Å². The van der Waals surface area contributed by atoms with Gasteiger partial charge in [0, 0.05) is 0 Å². The van der Waals surface area contributed by atoms with Gasteiger partial charge in [0.2, 0.25) is 0 Å². The average Bonchev–Trinajstić information content (AvgIpc) is 2.34. The van der Waals surface area contributed by atoms with Gasteiger partial charge in [-0.3, -0.25) is 9.59 Å². The van der Waals surface area contributed by atoms with Crippen LogP contribution in [0.15, 0.2) is 12.7 Å². The van der Waals surface area contributed by atoms with E-state index in [1.807, 2.05) is 0 Å². The molecule has 0 spiro atoms. The van der Waals surface area contributed by atoms with E-state index in [0.29, 0.717) is 0 Å². The Morgan fingerprint density at radius 2 is 2.12 bits per heavy atom. The van der Waals surface area contributed by atoms with Gasteiger partial charge in [-0.15, -0.1) is 0 Å². The van der Waals surface area contributed by atoms with Crippen molar-refractivity contribution in [1.29, 1.82) is 0 Å². The summed E-state index contributed by atoms with van der Waals surface area (Å²) >= 11 is 0. The molecule has 0 aliphatic carbocycles. The fraction of sp³-hybridized carbons (Fsp3) is 0.667. The molecule has 1 fully saturated rings. The molecule has 0 unspecified atom stereocenters. The molecule has 0 aromatic heterocycles. The van der Waals surface area contributed by atoms with Gasteiger partial charge in [0.1, 0.15) is 11.5 Å². The molecule has 1 saturated heterocycles. The first-order valence-corrected chi connectivity index (χ1v) is 5.33. The monoisotopic (exact) mass is 226 g/mol. The van der Waals surface area contributed by atoms with E-state index in [0.717, 1.165) is 0 Å². The number of ether oxygens (including phenoxy) is 2. The van der Waals surface area contributed by atoms with Gasteiger partial charge in [0.25, 0.3) is 0 Å². The predicted octanol–water partition coefficient (Wildman–Crippen LogP) is 1.69. The van der Waals surface area contributed by atoms with Crippen LogP contribution in [-0.4, -0.2) is 24.1 Å². The van der Waals surface area contributed by atoms with Crippen LogP contribution in [0.5, 0.6) is 0 Å². The Bertz CT molecular complexity index is 332. The molecule has 0 N–H and O–H groups in total. The maximum absolute atomic E-state index is 11.9. The summed E-state index contributed by atoms with van der Waals surface area (Å²) in [6.07, 6.45) is 1.49. The Hall–Kier alpha value is -1.32. The molecule has 0 radical (unpaired) electrons. The second-order valence-electron chi connectivity index (χ2n) is 4.68. The first-order valence-electron chi connectivity index (χ1n) is 5.33. The highest BCUT2D eigenvalue weighted by atomic mass is 16.6. The Morgan fingerprint density at radius 3 is 2.56 bits per heavy atom. The summed E-state index contributed by atoms with van der Waals surface area (Å²) in [4.78, 5) is 23.6. The van der Waals surface area contributed by atoms with E-state index in [1.54, 1.807) is 27.7 Å². The fourth-order valence-corrected chi connectivity index (χ4v) is 2.14. The number of rotatable bonds is 3. The highest BCUT2D eigenvalue weighted by molar-refractivity contribution is 5.89. The van der Waals surface area contributed by atoms with E-state index >= 15 is 0 Å². The summed E-state index contributed by atoms with van der Waals surface area (Å²) < 4.78 is 10.2. The molecule has 4 nitrogen and oxygen atoms in total. The van der Waals surface area contributed by atoms with Crippen LogP contribution in [-0.2, 0) is 19.1 Å². The minimum atomic E-state index is -0.979. The molecular formula is C12H18O4. The molecular weight excluding hydrogens is 208 g/mol. The molecule has 4 heteroatoms. The Morgan fingerprint density at radius 1 is 1.56 bits per heavy atom. The minimum absolute atomic E-state index is 0.285. The zero-order valence-electron chi connectivity index (χ0n) is 10.2. The first-order chi connectivity index (χ1) is 7.29. The largest absolute Gasteiger partial charge is 0.466 e. The average molecular weight is 226 g/mol. The zero-order chi connectivity index (χ0) is 12.6. The van der Waals surface area contributed by atoms with E-state index in [9.17, 15) is 9.59 Å². The second kappa shape index (κ2) is 3.92. The van der Waals surface area contributed by atoms with E-state index in [2.05, 4.69) is 6.58 Å². The molecule has 0 aromatic rings. The summed E-state index contributed by atoms with van der Waals surface area (Å²) in [6.45, 7) is 10.7. The van der Waals surface area contributed by atoms with Crippen LogP contribution in [0.2, 0.25) is 0 Å². The van der Waals surface area contributed by atoms with Crippen LogP contribution in [0.4, 0.5) is 0 Å². The van der Waals surface area contributed by atoms with Crippen LogP contribution in [0.3, 0.4) is 0 Å². The fourth-order valence-electron chi connectivity index (χ4n) is 2.14. The first kappa shape index (κ1) is 12.7. The topological polar surface area (TPSA) is 52.6 Å². The highest BCUT2D eigenvalue weighted by Crippen LogP contribution is 2.46. The van der Waals surface area contributed by atoms with Crippen LogP contribution < -0.4 is 0 Å². The molecule has 1 heterocycles. The van der Waals surface area contributed by atoms with E-state index in [-0.39, 0.29) is 6.61 Å². The lowest BCUT2D eigenvalue weighted by molar-refractivity contribution is -0.154. The van der Waals surface area contributed by atoms with Crippen molar-refractivity contribution in [3.05, 3.63) is 12.7 Å². The van der Waals surface area contributed by atoms with Crippen molar-refractivity contribution in [2.24, 2.45) is 11.3 Å². The molecule has 0 bridgehead atoms. The second-order valence-corrected chi connectivity index (χ2v) is 4.68. The predicted molar refractivity (Wildman–Crippen MR) is 58.6 cm³/mol. The summed E-state index contributed by atoms with van der Waals surface area (Å²) in [7, 11) is 0. The minimum Gasteiger partial charge on any atom is -0.466 e. The molecule has 16 heavy (non-hydrogen) atoms. The molecule has 0 aromatic carbocycles. The lowest BCUT2D eigenvalue weighted by Gasteiger charge is -2.28. The SMILES string of the molecule is C=C[C@]1(C)OC(=O)C(C)(C)[C@@H]1C(=O)OCC. The molecule has 1 rings (SSSR count). The number of cyclic esters (lactones) is 1. The van der Waals surface area contributed by atoms with Crippen LogP contribution in [0.1, 0.15) is 27.7 Å². The van der Waals surface area contributed by atoms with Gasteiger partial charge in [0.15, 0.2) is 0 Å². The number of carbonyl (C=O) groups is 2. The zero-order valence-corrected chi connectivity index (χ0v) is 10.2. The van der Waals surface area contributed by atoms with Gasteiger partial charge in [0.05, 0.1) is 12.0 Å². The molecule has 90 valence electrons. The van der Waals surface area contributed by atoms with Gasteiger partial charge in [-0.1, -0.05) is 6.58 Å². The highest BCUT2D eigenvalue weighted by Gasteiger charge is 2.60. The summed E-state index contributed by atoms with van der Waals surface area (Å²) in [6, 6.07) is 0. The maximum Gasteiger partial charge on any atom is 0.314 e. The third kappa shape index (κ3) is 1.72. The molecule has 1 aliphatic rings. The Kier molecular flexibility index (Phi) is 3.13. The van der Waals surface area contributed by atoms with Gasteiger partial charge >= 0.3 is 11.9 Å². The van der Waals surface area contributed by atoms with Gasteiger partial charge in [-0.25, -0.2) is 0 Å². The summed E-state index contributed by atoms with van der Waals surface area (Å²) in [5, 5.41) is 0. The maximum atomic E-state index is 11.9. The molecule has 2 atom stereocenters. The number of hydrogen-bond acceptors (Lipinski definition) is 4. The summed E-state index contributed by atoms with van der Waals surface area (Å²) in [5.74, 6) is -1.46. The van der Waals surface area contributed by atoms with Crippen molar-refractivity contribution in [2.45, 2.75) is 33.3 Å². The number of carbonyl (C=O) groups excluding carboxylic acids is 2. The molecule has 0 saturated carbocycles.